The molecule has 0 amide bonds. The van der Waals surface area contributed by atoms with E-state index in [1.54, 1.807) is 0 Å². The summed E-state index contributed by atoms with van der Waals surface area (Å²) >= 11 is 15.6. The summed E-state index contributed by atoms with van der Waals surface area (Å²) in [5.74, 6) is -0.552. The molecule has 0 aromatic rings. The zero-order valence-corrected chi connectivity index (χ0v) is 8.67. The molecule has 0 rings (SSSR count). The van der Waals surface area contributed by atoms with Crippen LogP contribution < -0.4 is 0 Å². The molecule has 3 nitrogen and oxygen atoms in total. The van der Waals surface area contributed by atoms with Crippen molar-refractivity contribution in [2.75, 3.05) is 12.0 Å². The zero-order valence-electron chi connectivity index (χ0n) is 5.59. The van der Waals surface area contributed by atoms with Gasteiger partial charge < -0.3 is 5.11 Å². The van der Waals surface area contributed by atoms with Crippen LogP contribution in [0.1, 0.15) is 0 Å². The first-order chi connectivity index (χ1) is 4.63. The quantitative estimate of drug-likeness (QED) is 0.726. The average molecular weight is 242 g/mol. The van der Waals surface area contributed by atoms with Crippen molar-refractivity contribution in [3.05, 3.63) is 0 Å². The number of alkyl halides is 3. The van der Waals surface area contributed by atoms with Gasteiger partial charge >= 0.3 is 0 Å². The molecule has 0 saturated heterocycles. The second-order valence-corrected chi connectivity index (χ2v) is 6.70. The molecule has 0 bridgehead atoms. The Morgan fingerprint density at radius 3 is 1.91 bits per heavy atom. The van der Waals surface area contributed by atoms with Crippen molar-refractivity contribution in [2.24, 2.45) is 0 Å². The second kappa shape index (κ2) is 3.66. The van der Waals surface area contributed by atoms with E-state index in [0.29, 0.717) is 0 Å². The third-order valence-electron chi connectivity index (χ3n) is 0.838. The van der Waals surface area contributed by atoms with Crippen LogP contribution in [-0.4, -0.2) is 35.4 Å². The van der Waals surface area contributed by atoms with Crippen molar-refractivity contribution in [3.63, 3.8) is 0 Å². The highest BCUT2D eigenvalue weighted by atomic mass is 35.6. The minimum Gasteiger partial charge on any atom is -0.388 e. The van der Waals surface area contributed by atoms with Gasteiger partial charge in [-0.3, -0.25) is 0 Å². The van der Waals surface area contributed by atoms with Gasteiger partial charge in [0.25, 0.3) is 0 Å². The predicted octanol–water partition coefficient (Wildman–Crippen LogP) is 0.762. The maximum atomic E-state index is 10.6. The Kier molecular flexibility index (Phi) is 3.92. The maximum Gasteiger partial charge on any atom is 0.217 e. The molecule has 0 aromatic carbocycles. The Balaban J connectivity index is 4.21. The van der Waals surface area contributed by atoms with Crippen LogP contribution in [-0.2, 0) is 9.84 Å². The Labute approximate surface area is 80.2 Å². The summed E-state index contributed by atoms with van der Waals surface area (Å²) in [6, 6.07) is 0. The first-order valence-electron chi connectivity index (χ1n) is 2.55. The van der Waals surface area contributed by atoms with Gasteiger partial charge in [-0.25, -0.2) is 8.42 Å². The molecule has 1 atom stereocenters. The van der Waals surface area contributed by atoms with E-state index in [1.807, 2.05) is 0 Å². The van der Waals surface area contributed by atoms with Crippen molar-refractivity contribution in [1.82, 2.24) is 0 Å². The lowest BCUT2D eigenvalue weighted by molar-refractivity contribution is 0.202. The maximum absolute atomic E-state index is 10.6. The van der Waals surface area contributed by atoms with Crippen molar-refractivity contribution < 1.29 is 13.5 Å². The van der Waals surface area contributed by atoms with Gasteiger partial charge in [0.2, 0.25) is 3.79 Å². The fraction of sp³-hybridized carbons (Fsp3) is 1.00. The topological polar surface area (TPSA) is 54.4 Å². The molecule has 0 fully saturated rings. The van der Waals surface area contributed by atoms with E-state index in [2.05, 4.69) is 0 Å². The minimum atomic E-state index is -3.31. The minimum absolute atomic E-state index is 0.552. The summed E-state index contributed by atoms with van der Waals surface area (Å²) in [6.45, 7) is 0. The molecule has 1 unspecified atom stereocenters. The molecule has 11 heavy (non-hydrogen) atoms. The van der Waals surface area contributed by atoms with Crippen LogP contribution >= 0.6 is 34.8 Å². The third kappa shape index (κ3) is 5.99. The Morgan fingerprint density at radius 1 is 1.45 bits per heavy atom. The van der Waals surface area contributed by atoms with Crippen LogP contribution in [0.3, 0.4) is 0 Å². The average Bonchev–Trinajstić information content (AvgIpc) is 1.56. The van der Waals surface area contributed by atoms with Gasteiger partial charge in [-0.2, -0.15) is 0 Å². The lowest BCUT2D eigenvalue weighted by Crippen LogP contribution is -2.32. The molecule has 7 heteroatoms. The highest BCUT2D eigenvalue weighted by Gasteiger charge is 2.33. The fourth-order valence-corrected chi connectivity index (χ4v) is 1.71. The van der Waals surface area contributed by atoms with Crippen LogP contribution in [0.15, 0.2) is 0 Å². The smallest absolute Gasteiger partial charge is 0.217 e. The molecular weight excluding hydrogens is 234 g/mol. The van der Waals surface area contributed by atoms with Crippen molar-refractivity contribution in [3.8, 4) is 0 Å². The van der Waals surface area contributed by atoms with Crippen LogP contribution in [0, 0.1) is 0 Å². The van der Waals surface area contributed by atoms with Gasteiger partial charge in [-0.05, 0) is 0 Å². The normalized spacial score (nSPS) is 16.5. The van der Waals surface area contributed by atoms with Crippen LogP contribution in [0.4, 0.5) is 0 Å². The van der Waals surface area contributed by atoms with E-state index >= 15 is 0 Å². The lowest BCUT2D eigenvalue weighted by Gasteiger charge is -2.17. The molecule has 0 radical (unpaired) electrons. The van der Waals surface area contributed by atoms with E-state index in [1.165, 1.54) is 0 Å². The van der Waals surface area contributed by atoms with E-state index in [-0.39, 0.29) is 0 Å². The number of halogens is 3. The number of aliphatic hydroxyl groups is 1. The molecule has 0 aliphatic carbocycles. The Bertz CT molecular complexity index is 217. The van der Waals surface area contributed by atoms with Gasteiger partial charge in [-0.15, -0.1) is 0 Å². The molecule has 0 saturated carbocycles. The van der Waals surface area contributed by atoms with E-state index in [4.69, 9.17) is 39.9 Å². The van der Waals surface area contributed by atoms with Gasteiger partial charge in [0.1, 0.15) is 15.9 Å². The summed E-state index contributed by atoms with van der Waals surface area (Å²) < 4.78 is 19.2. The van der Waals surface area contributed by atoms with Crippen LogP contribution in [0.25, 0.3) is 0 Å². The number of hydrogen-bond acceptors (Lipinski definition) is 3. The third-order valence-corrected chi connectivity index (χ3v) is 2.52. The van der Waals surface area contributed by atoms with E-state index in [0.717, 1.165) is 6.26 Å². The molecule has 68 valence electrons. The Morgan fingerprint density at radius 2 is 1.82 bits per heavy atom. The largest absolute Gasteiger partial charge is 0.388 e. The molecule has 0 aliphatic heterocycles. The highest BCUT2D eigenvalue weighted by Crippen LogP contribution is 2.30. The molecule has 0 heterocycles. The molecule has 1 N–H and O–H groups in total. The number of rotatable bonds is 2. The number of sulfone groups is 1. The van der Waals surface area contributed by atoms with E-state index in [9.17, 15) is 8.42 Å². The Hall–Kier alpha value is 0.780. The summed E-state index contributed by atoms with van der Waals surface area (Å²) in [5.41, 5.74) is 0. The first-order valence-corrected chi connectivity index (χ1v) is 5.75. The molecule has 0 aliphatic rings. The van der Waals surface area contributed by atoms with Gasteiger partial charge in [0.05, 0.1) is 5.75 Å². The first kappa shape index (κ1) is 11.8. The van der Waals surface area contributed by atoms with Gasteiger partial charge in [0.15, 0.2) is 0 Å². The zero-order chi connectivity index (χ0) is 9.28. The van der Waals surface area contributed by atoms with Gasteiger partial charge in [0, 0.05) is 6.26 Å². The fourth-order valence-electron chi connectivity index (χ4n) is 0.381. The highest BCUT2D eigenvalue weighted by molar-refractivity contribution is 7.90. The van der Waals surface area contributed by atoms with Crippen LogP contribution in [0.2, 0.25) is 0 Å². The van der Waals surface area contributed by atoms with Crippen molar-refractivity contribution in [2.45, 2.75) is 9.90 Å². The van der Waals surface area contributed by atoms with Crippen molar-refractivity contribution in [1.29, 1.82) is 0 Å². The SMILES string of the molecule is CS(=O)(=O)CC(O)C(Cl)(Cl)Cl. The predicted molar refractivity (Wildman–Crippen MR) is 46.0 cm³/mol. The lowest BCUT2D eigenvalue weighted by atomic mass is 10.5. The standard InChI is InChI=1S/C4H7Cl3O3S/c1-11(9,10)2-3(8)4(5,6)7/h3,8H,2H2,1H3. The van der Waals surface area contributed by atoms with Crippen LogP contribution in [0.5, 0.6) is 0 Å². The van der Waals surface area contributed by atoms with Gasteiger partial charge in [-0.1, -0.05) is 34.8 Å². The van der Waals surface area contributed by atoms with Crippen molar-refractivity contribution >= 4 is 44.6 Å². The summed E-state index contributed by atoms with van der Waals surface area (Å²) in [4.78, 5) is 0. The molecule has 0 spiro atoms. The summed E-state index contributed by atoms with van der Waals surface area (Å²) in [7, 11) is -3.31. The summed E-state index contributed by atoms with van der Waals surface area (Å²) in [6.07, 6.45) is -0.533. The number of aliphatic hydroxyl groups excluding tert-OH is 1. The molecule has 0 aromatic heterocycles. The monoisotopic (exact) mass is 240 g/mol. The second-order valence-electron chi connectivity index (χ2n) is 2.15. The van der Waals surface area contributed by atoms with E-state index < -0.39 is 25.5 Å². The molecular formula is C4H7Cl3O3S. The summed E-state index contributed by atoms with van der Waals surface area (Å²) in [5, 5.41) is 8.95. The number of hydrogen-bond donors (Lipinski definition) is 1.